The summed E-state index contributed by atoms with van der Waals surface area (Å²) in [7, 11) is 0. The molecule has 0 bridgehead atoms. The van der Waals surface area contributed by atoms with Gasteiger partial charge in [0, 0.05) is 19.6 Å². The van der Waals surface area contributed by atoms with Gasteiger partial charge in [-0.25, -0.2) is 0 Å². The van der Waals surface area contributed by atoms with E-state index in [4.69, 9.17) is 10.5 Å². The van der Waals surface area contributed by atoms with Crippen LogP contribution in [0, 0.1) is 0 Å². The predicted molar refractivity (Wildman–Crippen MR) is 61.8 cm³/mol. The Bertz CT molecular complexity index is 157. The van der Waals surface area contributed by atoms with Gasteiger partial charge in [-0.3, -0.25) is 4.79 Å². The third kappa shape index (κ3) is 15.2. The molecule has 4 nitrogen and oxygen atoms in total. The van der Waals surface area contributed by atoms with Gasteiger partial charge in [-0.2, -0.15) is 0 Å². The summed E-state index contributed by atoms with van der Waals surface area (Å²) in [5.41, 5.74) is 6.84. The van der Waals surface area contributed by atoms with Crippen molar-refractivity contribution < 1.29 is 67.7 Å². The minimum atomic E-state index is 0. The van der Waals surface area contributed by atoms with E-state index in [2.05, 4.69) is 12.2 Å². The normalized spacial score (nSPS) is 9.62. The van der Waals surface area contributed by atoms with Crippen LogP contribution in [0.3, 0.4) is 0 Å². The molecule has 0 aliphatic carbocycles. The fourth-order valence-electron chi connectivity index (χ4n) is 1.21. The molecular formula is C11H23N2O2Rb. The largest absolute Gasteiger partial charge is 1.00 e. The maximum atomic E-state index is 11.2. The Labute approximate surface area is 148 Å². The molecule has 0 saturated carbocycles. The molecule has 16 heavy (non-hydrogen) atoms. The van der Waals surface area contributed by atoms with Crippen molar-refractivity contribution in [1.82, 2.24) is 5.32 Å². The smallest absolute Gasteiger partial charge is 0.676 e. The molecule has 0 aliphatic heterocycles. The summed E-state index contributed by atoms with van der Waals surface area (Å²) in [6.07, 6.45) is 5.12. The first-order valence-corrected chi connectivity index (χ1v) is 5.80. The third-order valence-corrected chi connectivity index (χ3v) is 2.07. The molecule has 0 unspecified atom stereocenters. The Morgan fingerprint density at radius 1 is 1.25 bits per heavy atom. The van der Waals surface area contributed by atoms with Gasteiger partial charge in [-0.15, -0.1) is 6.54 Å². The molecule has 1 amide bonds. The molecule has 0 saturated heterocycles. The molecule has 0 aromatic carbocycles. The van der Waals surface area contributed by atoms with Crippen molar-refractivity contribution in [3.63, 3.8) is 0 Å². The van der Waals surface area contributed by atoms with E-state index in [1.54, 1.807) is 0 Å². The van der Waals surface area contributed by atoms with Crippen molar-refractivity contribution in [1.29, 1.82) is 0 Å². The Morgan fingerprint density at radius 3 is 2.62 bits per heavy atom. The molecule has 0 spiro atoms. The van der Waals surface area contributed by atoms with Crippen LogP contribution in [0.25, 0.3) is 5.73 Å². The molecule has 5 heteroatoms. The topological polar surface area (TPSA) is 62.1 Å². The molecule has 0 rings (SSSR count). The number of carbonyl (C=O) groups is 1. The van der Waals surface area contributed by atoms with Gasteiger partial charge in [0.25, 0.3) is 0 Å². The molecule has 0 heterocycles. The molecular weight excluding hydrogens is 278 g/mol. The van der Waals surface area contributed by atoms with Crippen LogP contribution in [-0.4, -0.2) is 32.2 Å². The minimum absolute atomic E-state index is 0. The first-order valence-electron chi connectivity index (χ1n) is 5.80. The second kappa shape index (κ2) is 16.2. The Kier molecular flexibility index (Phi) is 19.8. The summed E-state index contributed by atoms with van der Waals surface area (Å²) in [5, 5.41) is 2.85. The maximum Gasteiger partial charge on any atom is 1.00 e. The van der Waals surface area contributed by atoms with Gasteiger partial charge < -0.3 is 15.8 Å². The van der Waals surface area contributed by atoms with E-state index in [0.717, 1.165) is 13.0 Å². The molecule has 0 aromatic rings. The molecule has 0 aliphatic rings. The van der Waals surface area contributed by atoms with Crippen LogP contribution in [0.4, 0.5) is 0 Å². The van der Waals surface area contributed by atoms with Crippen molar-refractivity contribution in [3.05, 3.63) is 5.73 Å². The summed E-state index contributed by atoms with van der Waals surface area (Å²) < 4.78 is 5.05. The molecule has 0 fully saturated rings. The average Bonchev–Trinajstić information content (AvgIpc) is 2.24. The number of nitrogens with one attached hydrogen (secondary N) is 2. The number of unbranched alkanes of at least 4 members (excludes halogenated alkanes) is 3. The van der Waals surface area contributed by atoms with Crippen LogP contribution in [0.2, 0.25) is 0 Å². The number of carbonyl (C=O) groups excluding carboxylic acids is 1. The van der Waals surface area contributed by atoms with E-state index in [0.29, 0.717) is 19.6 Å². The van der Waals surface area contributed by atoms with Crippen LogP contribution >= 0.6 is 0 Å². The van der Waals surface area contributed by atoms with E-state index in [9.17, 15) is 4.79 Å². The van der Waals surface area contributed by atoms with Gasteiger partial charge in [-0.1, -0.05) is 26.2 Å². The number of amides is 1. The molecule has 0 atom stereocenters. The second-order valence-corrected chi connectivity index (χ2v) is 3.52. The first kappa shape index (κ1) is 19.5. The zero-order valence-corrected chi connectivity index (χ0v) is 15.6. The van der Waals surface area contributed by atoms with Crippen molar-refractivity contribution in [2.75, 3.05) is 26.3 Å². The first-order chi connectivity index (χ1) is 7.31. The minimum Gasteiger partial charge on any atom is -0.676 e. The van der Waals surface area contributed by atoms with Crippen molar-refractivity contribution in [2.24, 2.45) is 0 Å². The van der Waals surface area contributed by atoms with E-state index in [-0.39, 0.29) is 70.6 Å². The fourth-order valence-corrected chi connectivity index (χ4v) is 1.21. The number of hydrogen-bond acceptors (Lipinski definition) is 2. The van der Waals surface area contributed by atoms with E-state index in [1.165, 1.54) is 19.3 Å². The van der Waals surface area contributed by atoms with Gasteiger partial charge in [0.1, 0.15) is 0 Å². The van der Waals surface area contributed by atoms with E-state index < -0.39 is 0 Å². The van der Waals surface area contributed by atoms with Gasteiger partial charge in [0.05, 0.1) is 6.61 Å². The van der Waals surface area contributed by atoms with Crippen LogP contribution in [0.1, 0.15) is 39.0 Å². The number of hydrogen-bond donors (Lipinski definition) is 1. The predicted octanol–water partition coefficient (Wildman–Crippen LogP) is -0.854. The van der Waals surface area contributed by atoms with Gasteiger partial charge >= 0.3 is 58.2 Å². The number of rotatable bonds is 10. The third-order valence-electron chi connectivity index (χ3n) is 2.07. The van der Waals surface area contributed by atoms with Gasteiger partial charge in [0.15, 0.2) is 0 Å². The molecule has 90 valence electrons. The standard InChI is InChI=1S/C11H23N2O2.Rb/c1-2-3-4-5-8-13-11(14)6-9-15-10-7-12;/h12H,2-10H2,1H3,(H,13,14);/q-1;+1. The Balaban J connectivity index is 0. The van der Waals surface area contributed by atoms with Gasteiger partial charge in [-0.05, 0) is 6.42 Å². The summed E-state index contributed by atoms with van der Waals surface area (Å²) in [5.74, 6) is 0.0523. The zero-order valence-electron chi connectivity index (χ0n) is 10.7. The summed E-state index contributed by atoms with van der Waals surface area (Å²) in [4.78, 5) is 11.2. The monoisotopic (exact) mass is 300 g/mol. The fraction of sp³-hybridized carbons (Fsp3) is 0.909. The SMILES string of the molecule is CCCCCCNC(=O)CCOCC[NH-].[Rb+]. The van der Waals surface area contributed by atoms with Crippen LogP contribution in [0.5, 0.6) is 0 Å². The second-order valence-electron chi connectivity index (χ2n) is 3.52. The molecule has 0 aromatic heterocycles. The van der Waals surface area contributed by atoms with E-state index >= 15 is 0 Å². The van der Waals surface area contributed by atoms with Crippen molar-refractivity contribution >= 4 is 5.91 Å². The van der Waals surface area contributed by atoms with Crippen molar-refractivity contribution in [3.8, 4) is 0 Å². The van der Waals surface area contributed by atoms with Crippen LogP contribution < -0.4 is 63.5 Å². The van der Waals surface area contributed by atoms with Crippen molar-refractivity contribution in [2.45, 2.75) is 39.0 Å². The number of ether oxygens (including phenoxy) is 1. The van der Waals surface area contributed by atoms with Gasteiger partial charge in [0.2, 0.25) is 5.91 Å². The zero-order chi connectivity index (χ0) is 11.4. The average molecular weight is 301 g/mol. The van der Waals surface area contributed by atoms with Crippen LogP contribution in [-0.2, 0) is 9.53 Å². The molecule has 2 N–H and O–H groups in total. The van der Waals surface area contributed by atoms with Crippen LogP contribution in [0.15, 0.2) is 0 Å². The summed E-state index contributed by atoms with van der Waals surface area (Å²) in [6, 6.07) is 0. The Morgan fingerprint density at radius 2 is 2.00 bits per heavy atom. The summed E-state index contributed by atoms with van der Waals surface area (Å²) in [6.45, 7) is 4.06. The Hall–Kier alpha value is 1.20. The quantitative estimate of drug-likeness (QED) is 0.534. The van der Waals surface area contributed by atoms with E-state index in [1.807, 2.05) is 0 Å². The maximum absolute atomic E-state index is 11.2. The molecule has 0 radical (unpaired) electrons. The summed E-state index contributed by atoms with van der Waals surface area (Å²) >= 11 is 0.